The molecule has 1 heterocycles. The van der Waals surface area contributed by atoms with E-state index in [0.717, 1.165) is 28.6 Å². The molecule has 0 aliphatic rings. The van der Waals surface area contributed by atoms with Crippen molar-refractivity contribution in [2.24, 2.45) is 0 Å². The van der Waals surface area contributed by atoms with Crippen LogP contribution in [0.4, 0.5) is 0 Å². The molecule has 5 nitrogen and oxygen atoms in total. The highest BCUT2D eigenvalue weighted by molar-refractivity contribution is 8.00. The second-order valence-corrected chi connectivity index (χ2v) is 7.82. The van der Waals surface area contributed by atoms with Crippen molar-refractivity contribution >= 4 is 17.7 Å². The van der Waals surface area contributed by atoms with Gasteiger partial charge in [-0.3, -0.25) is 9.36 Å². The van der Waals surface area contributed by atoms with Gasteiger partial charge in [-0.05, 0) is 49.6 Å². The van der Waals surface area contributed by atoms with E-state index >= 15 is 0 Å². The maximum absolute atomic E-state index is 12.5. The fourth-order valence-electron chi connectivity index (χ4n) is 2.87. The summed E-state index contributed by atoms with van der Waals surface area (Å²) in [5, 5.41) is 3.59. The van der Waals surface area contributed by atoms with E-state index < -0.39 is 0 Å². The lowest BCUT2D eigenvalue weighted by Crippen LogP contribution is -2.32. The largest absolute Gasteiger partial charge is 0.497 e. The third kappa shape index (κ3) is 4.95. The molecule has 1 unspecified atom stereocenters. The molecule has 0 bridgehead atoms. The van der Waals surface area contributed by atoms with Crippen molar-refractivity contribution in [2.75, 3.05) is 13.7 Å². The number of benzene rings is 2. The van der Waals surface area contributed by atoms with Crippen LogP contribution in [0.15, 0.2) is 66.1 Å². The van der Waals surface area contributed by atoms with E-state index in [1.165, 1.54) is 17.3 Å². The zero-order chi connectivity index (χ0) is 19.9. The van der Waals surface area contributed by atoms with E-state index in [9.17, 15) is 4.79 Å². The number of imidazole rings is 1. The van der Waals surface area contributed by atoms with E-state index in [4.69, 9.17) is 4.74 Å². The first-order chi connectivity index (χ1) is 13.6. The Hall–Kier alpha value is -2.73. The summed E-state index contributed by atoms with van der Waals surface area (Å²) >= 11 is 1.46. The first kappa shape index (κ1) is 20.0. The van der Waals surface area contributed by atoms with Crippen LogP contribution in [0.25, 0.3) is 5.69 Å². The number of hydrogen-bond donors (Lipinski definition) is 1. The number of rotatable bonds is 8. The van der Waals surface area contributed by atoms with Gasteiger partial charge in [-0.15, -0.1) is 0 Å². The van der Waals surface area contributed by atoms with Gasteiger partial charge >= 0.3 is 0 Å². The predicted molar refractivity (Wildman–Crippen MR) is 113 cm³/mol. The lowest BCUT2D eigenvalue weighted by Gasteiger charge is -2.14. The van der Waals surface area contributed by atoms with E-state index in [0.29, 0.717) is 6.54 Å². The van der Waals surface area contributed by atoms with Gasteiger partial charge in [0.25, 0.3) is 0 Å². The van der Waals surface area contributed by atoms with E-state index in [2.05, 4.69) is 29.4 Å². The summed E-state index contributed by atoms with van der Waals surface area (Å²) in [5.74, 6) is 0.847. The highest BCUT2D eigenvalue weighted by atomic mass is 32.2. The van der Waals surface area contributed by atoms with Gasteiger partial charge < -0.3 is 10.1 Å². The Morgan fingerprint density at radius 2 is 1.96 bits per heavy atom. The molecule has 0 fully saturated rings. The van der Waals surface area contributed by atoms with Gasteiger partial charge in [0, 0.05) is 18.9 Å². The number of carbonyl (C=O) groups is 1. The molecular weight excluding hydrogens is 370 g/mol. The smallest absolute Gasteiger partial charge is 0.233 e. The number of ether oxygens (including phenoxy) is 1. The molecule has 146 valence electrons. The number of nitrogens with one attached hydrogen (secondary N) is 1. The first-order valence-electron chi connectivity index (χ1n) is 9.25. The monoisotopic (exact) mass is 395 g/mol. The van der Waals surface area contributed by atoms with E-state index in [1.807, 2.05) is 54.1 Å². The number of thioether (sulfide) groups is 1. The topological polar surface area (TPSA) is 56.1 Å². The van der Waals surface area contributed by atoms with Crippen LogP contribution in [0.5, 0.6) is 5.75 Å². The SMILES string of the molecule is COc1ccc(CCNC(=O)C(C)Sc2nccn2-c2ccccc2C)cc1. The fourth-order valence-corrected chi connectivity index (χ4v) is 3.77. The molecule has 3 aromatic rings. The highest BCUT2D eigenvalue weighted by Gasteiger charge is 2.17. The Balaban J connectivity index is 1.55. The lowest BCUT2D eigenvalue weighted by molar-refractivity contribution is -0.120. The molecule has 0 saturated carbocycles. The second-order valence-electron chi connectivity index (χ2n) is 6.52. The summed E-state index contributed by atoms with van der Waals surface area (Å²) in [6.45, 7) is 4.58. The van der Waals surface area contributed by atoms with Gasteiger partial charge in [-0.2, -0.15) is 0 Å². The van der Waals surface area contributed by atoms with Crippen LogP contribution in [0.3, 0.4) is 0 Å². The average Bonchev–Trinajstić information content (AvgIpc) is 3.16. The van der Waals surface area contributed by atoms with E-state index in [-0.39, 0.29) is 11.2 Å². The molecule has 0 spiro atoms. The molecule has 3 rings (SSSR count). The number of amides is 1. The number of para-hydroxylation sites is 1. The number of aromatic nitrogens is 2. The zero-order valence-electron chi connectivity index (χ0n) is 16.4. The number of nitrogens with zero attached hydrogens (tertiary/aromatic N) is 2. The van der Waals surface area contributed by atoms with Crippen molar-refractivity contribution in [1.29, 1.82) is 0 Å². The number of aryl methyl sites for hydroxylation is 1. The quantitative estimate of drug-likeness (QED) is 0.585. The van der Waals surface area contributed by atoms with Crippen molar-refractivity contribution in [3.05, 3.63) is 72.1 Å². The Kier molecular flexibility index (Phi) is 6.76. The number of hydrogen-bond acceptors (Lipinski definition) is 4. The minimum Gasteiger partial charge on any atom is -0.497 e. The number of carbonyl (C=O) groups excluding carboxylic acids is 1. The van der Waals surface area contributed by atoms with Crippen molar-refractivity contribution in [2.45, 2.75) is 30.7 Å². The van der Waals surface area contributed by atoms with Crippen LogP contribution in [0.1, 0.15) is 18.1 Å². The molecular formula is C22H25N3O2S. The Morgan fingerprint density at radius 3 is 2.68 bits per heavy atom. The predicted octanol–water partition coefficient (Wildman–Crippen LogP) is 4.03. The standard InChI is InChI=1S/C22H25N3O2S/c1-16-6-4-5-7-20(16)25-15-14-24-22(25)28-17(2)21(26)23-13-12-18-8-10-19(27-3)11-9-18/h4-11,14-15,17H,12-13H2,1-3H3,(H,23,26). The zero-order valence-corrected chi connectivity index (χ0v) is 17.2. The third-order valence-electron chi connectivity index (χ3n) is 4.51. The molecule has 0 radical (unpaired) electrons. The van der Waals surface area contributed by atoms with Crippen LogP contribution < -0.4 is 10.1 Å². The Bertz CT molecular complexity index is 922. The fraction of sp³-hybridized carbons (Fsp3) is 0.273. The highest BCUT2D eigenvalue weighted by Crippen LogP contribution is 2.26. The maximum Gasteiger partial charge on any atom is 0.233 e. The summed E-state index contributed by atoms with van der Waals surface area (Å²) in [6.07, 6.45) is 4.48. The summed E-state index contributed by atoms with van der Waals surface area (Å²) in [6, 6.07) is 16.0. The molecule has 0 aliphatic carbocycles. The molecule has 1 N–H and O–H groups in total. The lowest BCUT2D eigenvalue weighted by atomic mass is 10.1. The van der Waals surface area contributed by atoms with Crippen LogP contribution in [-0.2, 0) is 11.2 Å². The van der Waals surface area contributed by atoms with Crippen LogP contribution in [0.2, 0.25) is 0 Å². The maximum atomic E-state index is 12.5. The molecule has 0 saturated heterocycles. The van der Waals surface area contributed by atoms with Gasteiger partial charge in [0.05, 0.1) is 18.0 Å². The molecule has 0 aliphatic heterocycles. The summed E-state index contributed by atoms with van der Waals surface area (Å²) in [7, 11) is 1.65. The van der Waals surface area contributed by atoms with Gasteiger partial charge in [-0.1, -0.05) is 42.1 Å². The average molecular weight is 396 g/mol. The van der Waals surface area contributed by atoms with Crippen molar-refractivity contribution < 1.29 is 9.53 Å². The Labute approximate surface area is 170 Å². The van der Waals surface area contributed by atoms with Crippen LogP contribution >= 0.6 is 11.8 Å². The molecule has 1 aromatic heterocycles. The minimum atomic E-state index is -0.235. The summed E-state index contributed by atoms with van der Waals surface area (Å²) in [5.41, 5.74) is 3.41. The molecule has 2 aromatic carbocycles. The Morgan fingerprint density at radius 1 is 1.21 bits per heavy atom. The van der Waals surface area contributed by atoms with Crippen molar-refractivity contribution in [3.8, 4) is 11.4 Å². The molecule has 1 atom stereocenters. The van der Waals surface area contributed by atoms with Gasteiger partial charge in [0.1, 0.15) is 5.75 Å². The van der Waals surface area contributed by atoms with Crippen LogP contribution in [0, 0.1) is 6.92 Å². The van der Waals surface area contributed by atoms with Crippen molar-refractivity contribution in [3.63, 3.8) is 0 Å². The number of methoxy groups -OCH3 is 1. The van der Waals surface area contributed by atoms with Gasteiger partial charge in [-0.25, -0.2) is 4.98 Å². The normalized spacial score (nSPS) is 11.8. The third-order valence-corrected chi connectivity index (χ3v) is 5.59. The summed E-state index contributed by atoms with van der Waals surface area (Å²) < 4.78 is 7.19. The molecule has 1 amide bonds. The summed E-state index contributed by atoms with van der Waals surface area (Å²) in [4.78, 5) is 16.9. The second kappa shape index (κ2) is 9.46. The van der Waals surface area contributed by atoms with Gasteiger partial charge in [0.15, 0.2) is 5.16 Å². The van der Waals surface area contributed by atoms with E-state index in [1.54, 1.807) is 13.3 Å². The molecule has 6 heteroatoms. The molecule has 28 heavy (non-hydrogen) atoms. The van der Waals surface area contributed by atoms with Crippen LogP contribution in [-0.4, -0.2) is 34.4 Å². The first-order valence-corrected chi connectivity index (χ1v) is 10.1. The minimum absolute atomic E-state index is 0.0119. The van der Waals surface area contributed by atoms with Crippen molar-refractivity contribution in [1.82, 2.24) is 14.9 Å². The van der Waals surface area contributed by atoms with Gasteiger partial charge in [0.2, 0.25) is 5.91 Å².